The Morgan fingerprint density at radius 1 is 1.23 bits per heavy atom. The van der Waals surface area contributed by atoms with E-state index in [0.717, 1.165) is 12.3 Å². The fourth-order valence-electron chi connectivity index (χ4n) is 3.16. The minimum Gasteiger partial charge on any atom is -1.00 e. The third-order valence-electron chi connectivity index (χ3n) is 4.75. The number of hydrogen-bond acceptors (Lipinski definition) is 1. The van der Waals surface area contributed by atoms with Crippen LogP contribution in [0.2, 0.25) is 0 Å². The molecule has 2 fully saturated rings. The van der Waals surface area contributed by atoms with E-state index in [9.17, 15) is 5.11 Å². The Balaban J connectivity index is 0.000000720. The van der Waals surface area contributed by atoms with E-state index in [1.54, 1.807) is 0 Å². The first-order valence-corrected chi connectivity index (χ1v) is 4.66. The summed E-state index contributed by atoms with van der Waals surface area (Å²) in [4.78, 5) is 0. The molecule has 0 amide bonds. The van der Waals surface area contributed by atoms with Crippen molar-refractivity contribution in [2.45, 2.75) is 46.1 Å². The van der Waals surface area contributed by atoms with Gasteiger partial charge in [-0.3, -0.25) is 0 Å². The first-order valence-electron chi connectivity index (χ1n) is 4.66. The molecule has 0 aliphatic heterocycles. The Morgan fingerprint density at radius 2 is 1.77 bits per heavy atom. The van der Waals surface area contributed by atoms with Crippen molar-refractivity contribution in [1.29, 1.82) is 0 Å². The molecule has 1 N–H and O–H groups in total. The molecule has 0 heterocycles. The van der Waals surface area contributed by atoms with Gasteiger partial charge in [0.25, 0.3) is 0 Å². The van der Waals surface area contributed by atoms with Crippen molar-refractivity contribution < 1.29 is 29.1 Å². The summed E-state index contributed by atoms with van der Waals surface area (Å²) in [5.74, 6) is 0.780. The van der Waals surface area contributed by atoms with Crippen molar-refractivity contribution in [2.75, 3.05) is 0 Å². The van der Waals surface area contributed by atoms with Crippen LogP contribution in [0.5, 0.6) is 0 Å². The van der Waals surface area contributed by atoms with Crippen LogP contribution in [-0.4, -0.2) is 34.3 Å². The number of rotatable bonds is 0. The van der Waals surface area contributed by atoms with Gasteiger partial charge in [0.05, 0.1) is 6.10 Å². The van der Waals surface area contributed by atoms with E-state index in [2.05, 4.69) is 20.8 Å². The van der Waals surface area contributed by atoms with Crippen molar-refractivity contribution in [3.63, 3.8) is 0 Å². The maximum Gasteiger partial charge on any atom is 2.00 e. The second-order valence-electron chi connectivity index (χ2n) is 5.13. The summed E-state index contributed by atoms with van der Waals surface area (Å²) < 4.78 is 0. The predicted molar refractivity (Wildman–Crippen MR) is 51.0 cm³/mol. The standard InChI is InChI=1S/C10H18O.HI.Mg/c1-9(2)7-4-5-10(9,3)8(11)6-7;;/h7-8,11H,4-6H2,1-3H3;1H;/q;;+2/p-1. The van der Waals surface area contributed by atoms with Crippen molar-refractivity contribution in [1.82, 2.24) is 0 Å². The van der Waals surface area contributed by atoms with E-state index in [1.807, 2.05) is 0 Å². The van der Waals surface area contributed by atoms with Crippen LogP contribution >= 0.6 is 0 Å². The molecule has 0 aromatic carbocycles. The largest absolute Gasteiger partial charge is 2.00 e. The molecule has 2 rings (SSSR count). The molecule has 0 aromatic heterocycles. The summed E-state index contributed by atoms with van der Waals surface area (Å²) in [5.41, 5.74) is 0.601. The van der Waals surface area contributed by atoms with Gasteiger partial charge in [0.2, 0.25) is 0 Å². The van der Waals surface area contributed by atoms with E-state index in [-0.39, 0.29) is 58.5 Å². The number of aliphatic hydroxyl groups excluding tert-OH is 1. The van der Waals surface area contributed by atoms with E-state index in [1.165, 1.54) is 12.8 Å². The second kappa shape index (κ2) is 4.14. The zero-order valence-electron chi connectivity index (χ0n) is 8.81. The number of aliphatic hydroxyl groups is 1. The molecule has 3 unspecified atom stereocenters. The Kier molecular flexibility index (Phi) is 4.60. The monoisotopic (exact) mass is 305 g/mol. The number of hydrogen-bond donors (Lipinski definition) is 1. The van der Waals surface area contributed by atoms with Gasteiger partial charge in [-0.2, -0.15) is 0 Å². The van der Waals surface area contributed by atoms with Gasteiger partial charge in [-0.25, -0.2) is 0 Å². The van der Waals surface area contributed by atoms with Crippen molar-refractivity contribution in [3.05, 3.63) is 0 Å². The van der Waals surface area contributed by atoms with Crippen LogP contribution in [0, 0.1) is 16.7 Å². The molecular weight excluding hydrogens is 287 g/mol. The van der Waals surface area contributed by atoms with Gasteiger partial charge >= 0.3 is 23.1 Å². The van der Waals surface area contributed by atoms with Gasteiger partial charge in [-0.05, 0) is 36.0 Å². The Bertz CT molecular complexity index is 195. The summed E-state index contributed by atoms with van der Waals surface area (Å²) >= 11 is 0. The van der Waals surface area contributed by atoms with Gasteiger partial charge < -0.3 is 29.1 Å². The summed E-state index contributed by atoms with van der Waals surface area (Å²) in [5, 5.41) is 9.81. The summed E-state index contributed by atoms with van der Waals surface area (Å²) in [6.07, 6.45) is 3.58. The van der Waals surface area contributed by atoms with E-state index < -0.39 is 0 Å². The molecule has 0 spiro atoms. The average molecular weight is 305 g/mol. The maximum atomic E-state index is 9.81. The molecule has 0 radical (unpaired) electrons. The molecular formula is C10H18IMgO+. The molecule has 2 bridgehead atoms. The first kappa shape index (κ1) is 14.5. The zero-order chi connectivity index (χ0) is 8.28. The molecule has 1 nitrogen and oxygen atoms in total. The molecule has 72 valence electrons. The predicted octanol–water partition coefficient (Wildman–Crippen LogP) is -1.18. The fourth-order valence-corrected chi connectivity index (χ4v) is 3.16. The molecule has 2 aliphatic rings. The van der Waals surface area contributed by atoms with Gasteiger partial charge in [-0.1, -0.05) is 20.8 Å². The smallest absolute Gasteiger partial charge is 1.00 e. The normalized spacial score (nSPS) is 45.2. The third-order valence-corrected chi connectivity index (χ3v) is 4.75. The van der Waals surface area contributed by atoms with E-state index >= 15 is 0 Å². The Hall–Kier alpha value is 1.46. The Morgan fingerprint density at radius 3 is 1.92 bits per heavy atom. The van der Waals surface area contributed by atoms with E-state index in [4.69, 9.17) is 0 Å². The van der Waals surface area contributed by atoms with Crippen LogP contribution < -0.4 is 24.0 Å². The molecule has 3 atom stereocenters. The van der Waals surface area contributed by atoms with Crippen LogP contribution in [0.4, 0.5) is 0 Å². The van der Waals surface area contributed by atoms with E-state index in [0.29, 0.717) is 5.41 Å². The molecule has 13 heavy (non-hydrogen) atoms. The van der Waals surface area contributed by atoms with Gasteiger partial charge in [0, 0.05) is 0 Å². The molecule has 0 saturated heterocycles. The third kappa shape index (κ3) is 1.68. The second-order valence-corrected chi connectivity index (χ2v) is 5.13. The quantitative estimate of drug-likeness (QED) is 0.441. The summed E-state index contributed by atoms with van der Waals surface area (Å²) in [6.45, 7) is 6.90. The van der Waals surface area contributed by atoms with Crippen LogP contribution in [0.3, 0.4) is 0 Å². The zero-order valence-corrected chi connectivity index (χ0v) is 12.4. The van der Waals surface area contributed by atoms with Crippen molar-refractivity contribution in [3.8, 4) is 0 Å². The van der Waals surface area contributed by atoms with Crippen LogP contribution in [0.15, 0.2) is 0 Å². The van der Waals surface area contributed by atoms with Crippen molar-refractivity contribution >= 4 is 23.1 Å². The number of fused-ring (bicyclic) bond motifs is 2. The minimum absolute atomic E-state index is 0. The SMILES string of the molecule is CC1(C)C2CCC1(C)C(O)C2.[I-].[Mg+2]. The topological polar surface area (TPSA) is 20.2 Å². The number of halogens is 1. The molecule has 3 heteroatoms. The van der Waals surface area contributed by atoms with Gasteiger partial charge in [0.1, 0.15) is 0 Å². The van der Waals surface area contributed by atoms with Crippen molar-refractivity contribution in [2.24, 2.45) is 16.7 Å². The fraction of sp³-hybridized carbons (Fsp3) is 1.00. The van der Waals surface area contributed by atoms with Crippen LogP contribution in [-0.2, 0) is 0 Å². The molecule has 2 aliphatic carbocycles. The Labute approximate surface area is 114 Å². The summed E-state index contributed by atoms with van der Waals surface area (Å²) in [7, 11) is 0. The van der Waals surface area contributed by atoms with Crippen LogP contribution in [0.25, 0.3) is 0 Å². The molecule has 2 saturated carbocycles. The first-order chi connectivity index (χ1) is 4.98. The van der Waals surface area contributed by atoms with Crippen LogP contribution in [0.1, 0.15) is 40.0 Å². The minimum atomic E-state index is -0.0313. The van der Waals surface area contributed by atoms with Gasteiger partial charge in [0.15, 0.2) is 0 Å². The average Bonchev–Trinajstić information content (AvgIpc) is 2.20. The molecule has 0 aromatic rings. The summed E-state index contributed by atoms with van der Waals surface area (Å²) in [6, 6.07) is 0. The maximum absolute atomic E-state index is 9.81. The van der Waals surface area contributed by atoms with Gasteiger partial charge in [-0.15, -0.1) is 0 Å².